The van der Waals surface area contributed by atoms with E-state index in [0.29, 0.717) is 24.8 Å². The third-order valence-electron chi connectivity index (χ3n) is 8.15. The van der Waals surface area contributed by atoms with Gasteiger partial charge in [-0.15, -0.1) is 0 Å². The van der Waals surface area contributed by atoms with Crippen LogP contribution in [0.25, 0.3) is 22.3 Å². The maximum atomic E-state index is 5.98. The van der Waals surface area contributed by atoms with Crippen LogP contribution in [0.2, 0.25) is 0 Å². The zero-order chi connectivity index (χ0) is 29.5. The number of nitrogens with zero attached hydrogens (tertiary/aromatic N) is 6. The largest absolute Gasteiger partial charge is 0.496 e. The van der Waals surface area contributed by atoms with Gasteiger partial charge in [-0.1, -0.05) is 13.8 Å². The van der Waals surface area contributed by atoms with Crippen LogP contribution in [0.5, 0.6) is 5.75 Å². The second-order valence-corrected chi connectivity index (χ2v) is 11.3. The molecule has 0 amide bonds. The summed E-state index contributed by atoms with van der Waals surface area (Å²) in [6, 6.07) is 10.5. The van der Waals surface area contributed by atoms with Gasteiger partial charge in [0.15, 0.2) is 5.65 Å². The van der Waals surface area contributed by atoms with E-state index < -0.39 is 0 Å². The van der Waals surface area contributed by atoms with Crippen molar-refractivity contribution in [2.45, 2.75) is 52.9 Å². The number of benzene rings is 1. The predicted octanol–water partition coefficient (Wildman–Crippen LogP) is 3.97. The molecule has 1 aromatic carbocycles. The van der Waals surface area contributed by atoms with Crippen molar-refractivity contribution < 1.29 is 14.2 Å². The summed E-state index contributed by atoms with van der Waals surface area (Å²) in [5.74, 6) is 2.51. The van der Waals surface area contributed by atoms with Crippen LogP contribution in [0.1, 0.15) is 39.7 Å². The van der Waals surface area contributed by atoms with Gasteiger partial charge in [0.05, 0.1) is 43.6 Å². The second kappa shape index (κ2) is 14.4. The number of hydrogen-bond acceptors (Lipinski definition) is 10. The monoisotopic (exact) mass is 577 g/mol. The molecule has 2 saturated heterocycles. The Bertz CT molecular complexity index is 1300. The number of fused-ring (bicyclic) bond motifs is 1. The first-order chi connectivity index (χ1) is 20.5. The van der Waals surface area contributed by atoms with Crippen molar-refractivity contribution in [2.24, 2.45) is 0 Å². The number of ether oxygens (including phenoxy) is 3. The highest BCUT2D eigenvalue weighted by molar-refractivity contribution is 5.90. The van der Waals surface area contributed by atoms with E-state index in [2.05, 4.69) is 72.0 Å². The van der Waals surface area contributed by atoms with E-state index in [4.69, 9.17) is 29.2 Å². The molecule has 10 nitrogen and oxygen atoms in total. The Hall–Kier alpha value is -3.05. The molecule has 2 aromatic heterocycles. The van der Waals surface area contributed by atoms with Crippen LogP contribution in [-0.2, 0) is 16.0 Å². The number of aromatic nitrogens is 3. The number of nitrogens with one attached hydrogen (secondary N) is 1. The van der Waals surface area contributed by atoms with Crippen LogP contribution >= 0.6 is 0 Å². The normalized spacial score (nSPS) is 19.6. The van der Waals surface area contributed by atoms with Crippen LogP contribution in [0, 0.1) is 0 Å². The molecule has 0 saturated carbocycles. The predicted molar refractivity (Wildman–Crippen MR) is 169 cm³/mol. The standard InChI is InChI=1S/C32H47N7O3/c1-6-37(7-2)14-8-13-33-20-26-19-25(9-12-29(26)40-5)28-11-10-27-30(34-28)35-32(39-21-23(3)42-24(4)22-39)36-31(27)38-15-17-41-18-16-38/h9-12,19,23-24,33H,6-8,13-18,20-22H2,1-5H3. The highest BCUT2D eigenvalue weighted by Gasteiger charge is 2.27. The fourth-order valence-corrected chi connectivity index (χ4v) is 5.91. The van der Waals surface area contributed by atoms with Crippen LogP contribution in [-0.4, -0.2) is 105 Å². The van der Waals surface area contributed by atoms with Gasteiger partial charge < -0.3 is 34.2 Å². The van der Waals surface area contributed by atoms with Gasteiger partial charge in [-0.05, 0) is 76.8 Å². The van der Waals surface area contributed by atoms with Gasteiger partial charge in [0.25, 0.3) is 0 Å². The molecule has 5 rings (SSSR count). The minimum Gasteiger partial charge on any atom is -0.496 e. The molecule has 0 bridgehead atoms. The molecule has 10 heteroatoms. The van der Waals surface area contributed by atoms with Gasteiger partial charge in [-0.3, -0.25) is 0 Å². The van der Waals surface area contributed by atoms with Crippen LogP contribution in [0.15, 0.2) is 30.3 Å². The van der Waals surface area contributed by atoms with Crippen LogP contribution in [0.3, 0.4) is 0 Å². The first kappa shape index (κ1) is 30.4. The molecule has 0 aliphatic carbocycles. The lowest BCUT2D eigenvalue weighted by Gasteiger charge is -2.36. The highest BCUT2D eigenvalue weighted by Crippen LogP contribution is 2.31. The fraction of sp³-hybridized carbons (Fsp3) is 0.594. The summed E-state index contributed by atoms with van der Waals surface area (Å²) in [5, 5.41) is 4.56. The Morgan fingerprint density at radius 3 is 2.45 bits per heavy atom. The van der Waals surface area contributed by atoms with E-state index in [1.807, 2.05) is 6.07 Å². The maximum Gasteiger partial charge on any atom is 0.229 e. The molecule has 2 unspecified atom stereocenters. The second-order valence-electron chi connectivity index (χ2n) is 11.3. The molecule has 42 heavy (non-hydrogen) atoms. The quantitative estimate of drug-likeness (QED) is 0.319. The molecule has 2 fully saturated rings. The number of morpholine rings is 2. The van der Waals surface area contributed by atoms with Crippen molar-refractivity contribution in [3.63, 3.8) is 0 Å². The first-order valence-electron chi connectivity index (χ1n) is 15.5. The average molecular weight is 578 g/mol. The van der Waals surface area contributed by atoms with E-state index in [9.17, 15) is 0 Å². The fourth-order valence-electron chi connectivity index (χ4n) is 5.91. The summed E-state index contributed by atoms with van der Waals surface area (Å²) in [4.78, 5) is 22.2. The molecule has 0 radical (unpaired) electrons. The van der Waals surface area contributed by atoms with Crippen molar-refractivity contribution in [3.8, 4) is 17.0 Å². The molecule has 2 aliphatic rings. The Labute approximate surface area is 250 Å². The van der Waals surface area contributed by atoms with Crippen molar-refractivity contribution >= 4 is 22.8 Å². The lowest BCUT2D eigenvalue weighted by Crippen LogP contribution is -2.46. The summed E-state index contributed by atoms with van der Waals surface area (Å²) in [5.41, 5.74) is 3.75. The van der Waals surface area contributed by atoms with E-state index in [1.54, 1.807) is 7.11 Å². The van der Waals surface area contributed by atoms with Crippen molar-refractivity contribution in [1.82, 2.24) is 25.2 Å². The van der Waals surface area contributed by atoms with Crippen molar-refractivity contribution in [2.75, 3.05) is 82.5 Å². The Balaban J connectivity index is 1.42. The van der Waals surface area contributed by atoms with Gasteiger partial charge in [-0.25, -0.2) is 4.98 Å². The van der Waals surface area contributed by atoms with Crippen molar-refractivity contribution in [3.05, 3.63) is 35.9 Å². The minimum absolute atomic E-state index is 0.114. The summed E-state index contributed by atoms with van der Waals surface area (Å²) < 4.78 is 17.3. The van der Waals surface area contributed by atoms with E-state index in [0.717, 1.165) is 99.1 Å². The molecule has 4 heterocycles. The summed E-state index contributed by atoms with van der Waals surface area (Å²) >= 11 is 0. The van der Waals surface area contributed by atoms with Crippen molar-refractivity contribution in [1.29, 1.82) is 0 Å². The molecule has 3 aromatic rings. The first-order valence-corrected chi connectivity index (χ1v) is 15.5. The average Bonchev–Trinajstić information content (AvgIpc) is 3.01. The number of rotatable bonds is 12. The van der Waals surface area contributed by atoms with Crippen LogP contribution in [0.4, 0.5) is 11.8 Å². The maximum absolute atomic E-state index is 5.98. The Morgan fingerprint density at radius 1 is 0.976 bits per heavy atom. The van der Waals surface area contributed by atoms with Crippen LogP contribution < -0.4 is 19.9 Å². The van der Waals surface area contributed by atoms with E-state index in [1.165, 1.54) is 0 Å². The number of hydrogen-bond donors (Lipinski definition) is 1. The Kier molecular flexibility index (Phi) is 10.4. The van der Waals surface area contributed by atoms with Gasteiger partial charge in [0.1, 0.15) is 11.6 Å². The Morgan fingerprint density at radius 2 is 1.74 bits per heavy atom. The smallest absolute Gasteiger partial charge is 0.229 e. The van der Waals surface area contributed by atoms with Gasteiger partial charge in [-0.2, -0.15) is 9.97 Å². The van der Waals surface area contributed by atoms with Gasteiger partial charge in [0.2, 0.25) is 5.95 Å². The molecule has 2 atom stereocenters. The minimum atomic E-state index is 0.114. The number of pyridine rings is 1. The highest BCUT2D eigenvalue weighted by atomic mass is 16.5. The lowest BCUT2D eigenvalue weighted by atomic mass is 10.1. The molecule has 0 spiro atoms. The van der Waals surface area contributed by atoms with Gasteiger partial charge >= 0.3 is 0 Å². The summed E-state index contributed by atoms with van der Waals surface area (Å²) in [7, 11) is 1.73. The summed E-state index contributed by atoms with van der Waals surface area (Å²) in [6.45, 7) is 18.1. The molecule has 228 valence electrons. The summed E-state index contributed by atoms with van der Waals surface area (Å²) in [6.07, 6.45) is 1.34. The topological polar surface area (TPSA) is 88.1 Å². The molecule has 2 aliphatic heterocycles. The van der Waals surface area contributed by atoms with Gasteiger partial charge in [0, 0.05) is 43.9 Å². The molecular formula is C32H47N7O3. The third kappa shape index (κ3) is 7.29. The number of methoxy groups -OCH3 is 1. The zero-order valence-electron chi connectivity index (χ0n) is 25.9. The third-order valence-corrected chi connectivity index (χ3v) is 8.15. The van der Waals surface area contributed by atoms with E-state index >= 15 is 0 Å². The lowest BCUT2D eigenvalue weighted by molar-refractivity contribution is -0.00570. The zero-order valence-corrected chi connectivity index (χ0v) is 25.9. The number of anilines is 2. The SMILES string of the molecule is CCN(CC)CCCNCc1cc(-c2ccc3c(N4CCOCC4)nc(N4CC(C)OC(C)C4)nc3n2)ccc1OC. The molecular weight excluding hydrogens is 530 g/mol. The van der Waals surface area contributed by atoms with E-state index in [-0.39, 0.29) is 12.2 Å². The molecule has 1 N–H and O–H groups in total.